The van der Waals surface area contributed by atoms with Crippen molar-refractivity contribution in [3.05, 3.63) is 52.5 Å². The molecule has 1 saturated heterocycles. The lowest BCUT2D eigenvalue weighted by Gasteiger charge is -2.25. The number of amides is 4. The van der Waals surface area contributed by atoms with Crippen LogP contribution in [0.1, 0.15) is 48.1 Å². The zero-order valence-electron chi connectivity index (χ0n) is 17.9. The summed E-state index contributed by atoms with van der Waals surface area (Å²) in [6.07, 6.45) is 0.362. The maximum Gasteiger partial charge on any atom is 0.344 e. The summed E-state index contributed by atoms with van der Waals surface area (Å²) in [6.45, 7) is 8.68. The number of rotatable bonds is 6. The molecule has 8 nitrogen and oxygen atoms in total. The van der Waals surface area contributed by atoms with Gasteiger partial charge in [-0.2, -0.15) is 10.1 Å². The molecule has 0 radical (unpaired) electrons. The third kappa shape index (κ3) is 3.48. The Kier molecular flexibility index (Phi) is 5.30. The van der Waals surface area contributed by atoms with E-state index in [4.69, 9.17) is 0 Å². The molecule has 2 aromatic heterocycles. The van der Waals surface area contributed by atoms with Crippen molar-refractivity contribution in [3.8, 4) is 0 Å². The molecule has 1 aliphatic rings. The Bertz CT molecular complexity index is 1170. The molecular weight excluding hydrogens is 414 g/mol. The van der Waals surface area contributed by atoms with E-state index in [1.165, 1.54) is 11.3 Å². The van der Waals surface area contributed by atoms with Gasteiger partial charge in [-0.3, -0.25) is 19.7 Å². The summed E-state index contributed by atoms with van der Waals surface area (Å²) < 4.78 is 1.90. The Labute approximate surface area is 184 Å². The number of benzene rings is 1. The fourth-order valence-corrected chi connectivity index (χ4v) is 4.95. The Hall–Kier alpha value is -3.20. The van der Waals surface area contributed by atoms with E-state index < -0.39 is 23.4 Å². The smallest absolute Gasteiger partial charge is 0.318 e. The van der Waals surface area contributed by atoms with Crippen LogP contribution in [0.3, 0.4) is 0 Å². The lowest BCUT2D eigenvalue weighted by atomic mass is 9.87. The lowest BCUT2D eigenvalue weighted by Crippen LogP contribution is -2.48. The van der Waals surface area contributed by atoms with Crippen molar-refractivity contribution < 1.29 is 14.4 Å². The van der Waals surface area contributed by atoms with E-state index in [0.29, 0.717) is 22.8 Å². The Morgan fingerprint density at radius 2 is 1.97 bits per heavy atom. The molecule has 9 heteroatoms. The molecule has 3 heterocycles. The number of nitrogens with zero attached hydrogens (tertiary/aromatic N) is 3. The number of carbonyl (C=O) groups is 3. The van der Waals surface area contributed by atoms with Crippen molar-refractivity contribution in [2.75, 3.05) is 0 Å². The summed E-state index contributed by atoms with van der Waals surface area (Å²) in [5.41, 5.74) is 2.83. The van der Waals surface area contributed by atoms with Gasteiger partial charge in [0.2, 0.25) is 0 Å². The number of thiophene rings is 1. The largest absolute Gasteiger partial charge is 0.344 e. The quantitative estimate of drug-likeness (QED) is 0.574. The zero-order valence-corrected chi connectivity index (χ0v) is 18.7. The average Bonchev–Trinajstić information content (AvgIpc) is 3.37. The third-order valence-corrected chi connectivity index (χ3v) is 6.62. The summed E-state index contributed by atoms with van der Waals surface area (Å²) >= 11 is 1.30. The second kappa shape index (κ2) is 7.81. The molecule has 2 N–H and O–H groups in total. The van der Waals surface area contributed by atoms with Gasteiger partial charge in [-0.25, -0.2) is 4.79 Å². The number of imide groups is 1. The first-order valence-electron chi connectivity index (χ1n) is 10.3. The maximum atomic E-state index is 13.2. The third-order valence-electron chi connectivity index (χ3n) is 5.47. The van der Waals surface area contributed by atoms with Crippen LogP contribution in [0.4, 0.5) is 4.79 Å². The number of nitrogens with one attached hydrogen (secondary N) is 2. The topological polar surface area (TPSA) is 96.3 Å². The lowest BCUT2D eigenvalue weighted by molar-refractivity contribution is -0.133. The molecule has 0 saturated carbocycles. The average molecular weight is 440 g/mol. The van der Waals surface area contributed by atoms with Crippen LogP contribution in [-0.2, 0) is 16.9 Å². The SMILES string of the molecule is CC[C@@]1(c2ccccc2)NC(=O)N(NC(=O)c2cc3c(C)nn(CC(C)C)c3s2)C1=O. The van der Waals surface area contributed by atoms with Gasteiger partial charge in [0.25, 0.3) is 11.8 Å². The van der Waals surface area contributed by atoms with Crippen molar-refractivity contribution in [1.29, 1.82) is 0 Å². The first kappa shape index (κ1) is 21.0. The molecule has 0 unspecified atom stereocenters. The summed E-state index contributed by atoms with van der Waals surface area (Å²) in [6, 6.07) is 10.2. The van der Waals surface area contributed by atoms with Gasteiger partial charge < -0.3 is 5.32 Å². The predicted octanol–water partition coefficient (Wildman–Crippen LogP) is 3.56. The van der Waals surface area contributed by atoms with Crippen LogP contribution in [0.25, 0.3) is 10.2 Å². The van der Waals surface area contributed by atoms with Gasteiger partial charge in [0.15, 0.2) is 0 Å². The molecule has 162 valence electrons. The van der Waals surface area contributed by atoms with Crippen LogP contribution in [0, 0.1) is 12.8 Å². The predicted molar refractivity (Wildman–Crippen MR) is 118 cm³/mol. The van der Waals surface area contributed by atoms with Gasteiger partial charge in [-0.15, -0.1) is 11.3 Å². The standard InChI is InChI=1S/C22H25N5O3S/c1-5-22(15-9-7-6-8-10-15)20(29)27(21(30)23-22)25-18(28)17-11-16-14(4)24-26(12-13(2)3)19(16)31-17/h6-11,13H,5,12H2,1-4H3,(H,23,30)(H,25,28)/t22-/m0/s1. The highest BCUT2D eigenvalue weighted by molar-refractivity contribution is 7.20. The number of fused-ring (bicyclic) bond motifs is 1. The molecule has 3 aromatic rings. The summed E-state index contributed by atoms with van der Waals surface area (Å²) in [7, 11) is 0. The van der Waals surface area contributed by atoms with Crippen LogP contribution in [0.5, 0.6) is 0 Å². The maximum absolute atomic E-state index is 13.2. The normalized spacial score (nSPS) is 18.8. The highest BCUT2D eigenvalue weighted by Crippen LogP contribution is 2.32. The van der Waals surface area contributed by atoms with Crippen molar-refractivity contribution in [2.24, 2.45) is 5.92 Å². The first-order valence-corrected chi connectivity index (χ1v) is 11.1. The molecule has 1 fully saturated rings. The molecule has 0 spiro atoms. The number of carbonyl (C=O) groups excluding carboxylic acids is 3. The van der Waals surface area contributed by atoms with E-state index >= 15 is 0 Å². The molecule has 4 amide bonds. The van der Waals surface area contributed by atoms with Gasteiger partial charge in [-0.05, 0) is 30.9 Å². The van der Waals surface area contributed by atoms with Crippen LogP contribution < -0.4 is 10.7 Å². The number of hydrogen-bond acceptors (Lipinski definition) is 5. The molecule has 1 aliphatic heterocycles. The minimum absolute atomic E-state index is 0.362. The monoisotopic (exact) mass is 439 g/mol. The second-order valence-corrected chi connectivity index (χ2v) is 9.16. The van der Waals surface area contributed by atoms with Crippen LogP contribution in [0.15, 0.2) is 36.4 Å². The van der Waals surface area contributed by atoms with Gasteiger partial charge in [0, 0.05) is 11.9 Å². The molecule has 1 aromatic carbocycles. The molecule has 0 bridgehead atoms. The van der Waals surface area contributed by atoms with Crippen molar-refractivity contribution >= 4 is 39.4 Å². The Morgan fingerprint density at radius 1 is 1.26 bits per heavy atom. The highest BCUT2D eigenvalue weighted by Gasteiger charge is 2.52. The van der Waals surface area contributed by atoms with Crippen molar-refractivity contribution in [1.82, 2.24) is 25.5 Å². The molecule has 4 rings (SSSR count). The number of urea groups is 1. The van der Waals surface area contributed by atoms with Gasteiger partial charge in [-0.1, -0.05) is 51.1 Å². The highest BCUT2D eigenvalue weighted by atomic mass is 32.1. The second-order valence-electron chi connectivity index (χ2n) is 8.13. The summed E-state index contributed by atoms with van der Waals surface area (Å²) in [5, 5.41) is 9.00. The summed E-state index contributed by atoms with van der Waals surface area (Å²) in [5.74, 6) is -0.587. The number of aryl methyl sites for hydroxylation is 1. The Morgan fingerprint density at radius 3 is 2.61 bits per heavy atom. The minimum atomic E-state index is -1.19. The molecule has 0 aliphatic carbocycles. The van der Waals surface area contributed by atoms with E-state index in [0.717, 1.165) is 27.5 Å². The molecule has 31 heavy (non-hydrogen) atoms. The molecule has 1 atom stereocenters. The van der Waals surface area contributed by atoms with Gasteiger partial charge in [0.1, 0.15) is 10.4 Å². The van der Waals surface area contributed by atoms with Crippen molar-refractivity contribution in [3.63, 3.8) is 0 Å². The van der Waals surface area contributed by atoms with E-state index in [1.807, 2.05) is 36.7 Å². The number of aromatic nitrogens is 2. The fourth-order valence-electron chi connectivity index (χ4n) is 3.89. The number of hydrazine groups is 1. The van der Waals surface area contributed by atoms with E-state index in [9.17, 15) is 14.4 Å². The van der Waals surface area contributed by atoms with Crippen LogP contribution in [0.2, 0.25) is 0 Å². The number of hydrogen-bond donors (Lipinski definition) is 2. The van der Waals surface area contributed by atoms with Gasteiger partial charge >= 0.3 is 6.03 Å². The van der Waals surface area contributed by atoms with Gasteiger partial charge in [0.05, 0.1) is 10.6 Å². The molecular formula is C22H25N5O3S. The van der Waals surface area contributed by atoms with E-state index in [1.54, 1.807) is 18.2 Å². The van der Waals surface area contributed by atoms with Crippen LogP contribution in [-0.4, -0.2) is 32.6 Å². The Balaban J connectivity index is 1.60. The van der Waals surface area contributed by atoms with E-state index in [2.05, 4.69) is 29.7 Å². The van der Waals surface area contributed by atoms with Crippen LogP contribution >= 0.6 is 11.3 Å². The minimum Gasteiger partial charge on any atom is -0.318 e. The van der Waals surface area contributed by atoms with E-state index in [-0.39, 0.29) is 0 Å². The summed E-state index contributed by atoms with van der Waals surface area (Å²) in [4.78, 5) is 40.1. The fraction of sp³-hybridized carbons (Fsp3) is 0.364. The van der Waals surface area contributed by atoms with Crippen molar-refractivity contribution in [2.45, 2.75) is 46.2 Å². The zero-order chi connectivity index (χ0) is 22.3. The first-order chi connectivity index (χ1) is 14.8.